The summed E-state index contributed by atoms with van der Waals surface area (Å²) in [6.07, 6.45) is 22.6. The Morgan fingerprint density at radius 2 is 0.947 bits per heavy atom. The van der Waals surface area contributed by atoms with Gasteiger partial charge in [-0.05, 0) is 12.8 Å². The van der Waals surface area contributed by atoms with Crippen LogP contribution >= 0.6 is 7.82 Å². The second kappa shape index (κ2) is 26.3. The first-order valence-electron chi connectivity index (χ1n) is 15.3. The third kappa shape index (κ3) is 28.1. The van der Waals surface area contributed by atoms with Crippen LogP contribution in [0.4, 0.5) is 0 Å². The van der Waals surface area contributed by atoms with Crippen molar-refractivity contribution in [3.05, 3.63) is 0 Å². The maximum atomic E-state index is 12.2. The molecule has 1 atom stereocenters. The molecule has 0 heterocycles. The molecule has 38 heavy (non-hydrogen) atoms. The highest BCUT2D eigenvalue weighted by Gasteiger charge is 2.22. The van der Waals surface area contributed by atoms with Crippen molar-refractivity contribution in [1.29, 1.82) is 0 Å². The molecule has 0 aliphatic heterocycles. The fourth-order valence-corrected chi connectivity index (χ4v) is 4.67. The molecule has 0 aromatic heterocycles. The Bertz CT molecular complexity index is 607. The molecule has 0 aliphatic rings. The highest BCUT2D eigenvalue weighted by molar-refractivity contribution is 7.46. The number of carbonyl (C=O) groups excluding carboxylic acids is 2. The van der Waals surface area contributed by atoms with Crippen LogP contribution in [-0.4, -0.2) is 41.0 Å². The second-order valence-corrected chi connectivity index (χ2v) is 11.7. The molecule has 0 aromatic carbocycles. The Labute approximate surface area is 232 Å². The van der Waals surface area contributed by atoms with Crippen LogP contribution in [0, 0.1) is 0 Å². The van der Waals surface area contributed by atoms with E-state index in [1.807, 2.05) is 0 Å². The molecule has 226 valence electrons. The molecule has 1 unspecified atom stereocenters. The van der Waals surface area contributed by atoms with Crippen LogP contribution in [0.3, 0.4) is 0 Å². The van der Waals surface area contributed by atoms with Crippen molar-refractivity contribution in [2.24, 2.45) is 0 Å². The first-order valence-corrected chi connectivity index (χ1v) is 16.9. The van der Waals surface area contributed by atoms with E-state index in [-0.39, 0.29) is 19.4 Å². The average Bonchev–Trinajstić information content (AvgIpc) is 2.87. The minimum absolute atomic E-state index is 0.218. The van der Waals surface area contributed by atoms with Crippen molar-refractivity contribution in [1.82, 2.24) is 0 Å². The average molecular weight is 565 g/mol. The number of unbranched alkanes of at least 4 members (excludes halogenated alkanes) is 18. The van der Waals surface area contributed by atoms with E-state index in [4.69, 9.17) is 19.3 Å². The zero-order valence-corrected chi connectivity index (χ0v) is 25.2. The fraction of sp³-hybridized carbons (Fsp3) is 0.931. The number of phosphoric acid groups is 1. The molecule has 0 bridgehead atoms. The minimum Gasteiger partial charge on any atom is -0.462 e. The first kappa shape index (κ1) is 37.0. The van der Waals surface area contributed by atoms with Crippen molar-refractivity contribution < 1.29 is 37.9 Å². The number of ether oxygens (including phenoxy) is 2. The van der Waals surface area contributed by atoms with E-state index in [1.165, 1.54) is 83.5 Å². The van der Waals surface area contributed by atoms with Crippen LogP contribution < -0.4 is 0 Å². The first-order chi connectivity index (χ1) is 18.3. The summed E-state index contributed by atoms with van der Waals surface area (Å²) in [6.45, 7) is 3.62. The summed E-state index contributed by atoms with van der Waals surface area (Å²) in [5.74, 6) is -0.884. The monoisotopic (exact) mass is 564 g/mol. The predicted molar refractivity (Wildman–Crippen MR) is 152 cm³/mol. The zero-order valence-electron chi connectivity index (χ0n) is 24.3. The van der Waals surface area contributed by atoms with Gasteiger partial charge in [-0.15, -0.1) is 0 Å². The van der Waals surface area contributed by atoms with Gasteiger partial charge in [0.25, 0.3) is 0 Å². The minimum atomic E-state index is -4.73. The lowest BCUT2D eigenvalue weighted by Crippen LogP contribution is -2.29. The molecular formula is C29H57O8P. The summed E-state index contributed by atoms with van der Waals surface area (Å²) in [5.41, 5.74) is 0. The van der Waals surface area contributed by atoms with Crippen LogP contribution in [0.2, 0.25) is 0 Å². The van der Waals surface area contributed by atoms with E-state index >= 15 is 0 Å². The van der Waals surface area contributed by atoms with Crippen LogP contribution in [0.15, 0.2) is 0 Å². The molecule has 8 nitrogen and oxygen atoms in total. The Hall–Kier alpha value is -0.950. The van der Waals surface area contributed by atoms with Gasteiger partial charge >= 0.3 is 19.8 Å². The Kier molecular flexibility index (Phi) is 25.6. The molecule has 0 rings (SSSR count). The number of carbonyl (C=O) groups is 2. The molecule has 0 amide bonds. The van der Waals surface area contributed by atoms with Gasteiger partial charge in [0.15, 0.2) is 6.10 Å². The van der Waals surface area contributed by atoms with Gasteiger partial charge in [0.1, 0.15) is 6.61 Å². The van der Waals surface area contributed by atoms with Gasteiger partial charge in [-0.2, -0.15) is 0 Å². The van der Waals surface area contributed by atoms with E-state index in [0.717, 1.165) is 38.5 Å². The molecule has 0 fully saturated rings. The summed E-state index contributed by atoms with van der Waals surface area (Å²) < 4.78 is 26.1. The van der Waals surface area contributed by atoms with Gasteiger partial charge in [0.2, 0.25) is 0 Å². The Balaban J connectivity index is 4.04. The fourth-order valence-electron chi connectivity index (χ4n) is 4.31. The molecule has 0 aliphatic carbocycles. The predicted octanol–water partition coefficient (Wildman–Crippen LogP) is 8.17. The molecule has 0 radical (unpaired) electrons. The van der Waals surface area contributed by atoms with Crippen molar-refractivity contribution in [2.45, 2.75) is 161 Å². The van der Waals surface area contributed by atoms with Gasteiger partial charge in [-0.3, -0.25) is 14.1 Å². The molecular weight excluding hydrogens is 507 g/mol. The summed E-state index contributed by atoms with van der Waals surface area (Å²) >= 11 is 0. The molecule has 0 aromatic rings. The lowest BCUT2D eigenvalue weighted by Gasteiger charge is -2.18. The highest BCUT2D eigenvalue weighted by Crippen LogP contribution is 2.35. The molecule has 0 saturated carbocycles. The lowest BCUT2D eigenvalue weighted by molar-refractivity contribution is -0.161. The van der Waals surface area contributed by atoms with Gasteiger partial charge in [0.05, 0.1) is 6.61 Å². The van der Waals surface area contributed by atoms with Gasteiger partial charge in [-0.25, -0.2) is 4.57 Å². The number of phosphoric ester groups is 1. The number of hydrogen-bond donors (Lipinski definition) is 2. The largest absolute Gasteiger partial charge is 0.469 e. The number of esters is 2. The standard InChI is InChI=1S/C29H57O8P/c1-3-5-7-9-11-13-14-16-18-20-22-24-29(31)37-27(26-36-38(32,33)34)25-35-28(30)23-21-19-17-15-12-10-8-6-4-2/h27H,3-26H2,1-2H3,(H2,32,33,34). The van der Waals surface area contributed by atoms with Crippen molar-refractivity contribution in [2.75, 3.05) is 13.2 Å². The summed E-state index contributed by atoms with van der Waals surface area (Å²) in [6, 6.07) is 0. The van der Waals surface area contributed by atoms with Crippen LogP contribution in [0.1, 0.15) is 155 Å². The van der Waals surface area contributed by atoms with Gasteiger partial charge < -0.3 is 19.3 Å². The SMILES string of the molecule is CCCCCCCCCCCCCC(=O)OC(COC(=O)CCCCCCCCCCC)COP(=O)(O)O. The molecule has 9 heteroatoms. The lowest BCUT2D eigenvalue weighted by atomic mass is 10.1. The summed E-state index contributed by atoms with van der Waals surface area (Å²) in [5, 5.41) is 0. The van der Waals surface area contributed by atoms with Crippen LogP contribution in [0.25, 0.3) is 0 Å². The van der Waals surface area contributed by atoms with Crippen LogP contribution in [-0.2, 0) is 28.2 Å². The number of rotatable bonds is 28. The Morgan fingerprint density at radius 3 is 1.34 bits per heavy atom. The van der Waals surface area contributed by atoms with Crippen molar-refractivity contribution in [3.63, 3.8) is 0 Å². The zero-order chi connectivity index (χ0) is 28.3. The maximum absolute atomic E-state index is 12.2. The van der Waals surface area contributed by atoms with E-state index in [2.05, 4.69) is 18.4 Å². The maximum Gasteiger partial charge on any atom is 0.469 e. The topological polar surface area (TPSA) is 119 Å². The molecule has 2 N–H and O–H groups in total. The van der Waals surface area contributed by atoms with E-state index in [1.54, 1.807) is 0 Å². The number of hydrogen-bond acceptors (Lipinski definition) is 6. The quantitative estimate of drug-likeness (QED) is 0.0555. The highest BCUT2D eigenvalue weighted by atomic mass is 31.2. The summed E-state index contributed by atoms with van der Waals surface area (Å²) in [4.78, 5) is 42.3. The molecule has 0 saturated heterocycles. The molecule has 0 spiro atoms. The van der Waals surface area contributed by atoms with Gasteiger partial charge in [0, 0.05) is 12.8 Å². The van der Waals surface area contributed by atoms with Crippen molar-refractivity contribution >= 4 is 19.8 Å². The van der Waals surface area contributed by atoms with E-state index in [9.17, 15) is 14.2 Å². The third-order valence-electron chi connectivity index (χ3n) is 6.63. The normalized spacial score (nSPS) is 12.4. The van der Waals surface area contributed by atoms with Crippen LogP contribution in [0.5, 0.6) is 0 Å². The second-order valence-electron chi connectivity index (χ2n) is 10.4. The van der Waals surface area contributed by atoms with Crippen molar-refractivity contribution in [3.8, 4) is 0 Å². The van der Waals surface area contributed by atoms with E-state index in [0.29, 0.717) is 6.42 Å². The third-order valence-corrected chi connectivity index (χ3v) is 7.11. The smallest absolute Gasteiger partial charge is 0.462 e. The Morgan fingerprint density at radius 1 is 0.579 bits per heavy atom. The van der Waals surface area contributed by atoms with E-state index < -0.39 is 32.5 Å². The summed E-state index contributed by atoms with van der Waals surface area (Å²) in [7, 11) is -4.73. The van der Waals surface area contributed by atoms with Gasteiger partial charge in [-0.1, -0.05) is 129 Å².